The third-order valence-corrected chi connectivity index (χ3v) is 5.33. The van der Waals surface area contributed by atoms with Gasteiger partial charge in [-0.3, -0.25) is 4.79 Å². The fourth-order valence-corrected chi connectivity index (χ4v) is 3.54. The molecule has 0 saturated carbocycles. The van der Waals surface area contributed by atoms with Gasteiger partial charge in [-0.2, -0.15) is 0 Å². The van der Waals surface area contributed by atoms with Gasteiger partial charge in [0.2, 0.25) is 12.7 Å². The maximum Gasteiger partial charge on any atom is 0.318 e. The quantitative estimate of drug-likeness (QED) is 0.787. The molecule has 8 nitrogen and oxygen atoms in total. The Bertz CT molecular complexity index is 897. The van der Waals surface area contributed by atoms with E-state index in [-0.39, 0.29) is 18.7 Å². The fraction of sp³-hybridized carbons (Fsp3) is 0.364. The predicted octanol–water partition coefficient (Wildman–Crippen LogP) is 1.95. The smallest absolute Gasteiger partial charge is 0.318 e. The normalized spacial score (nSPS) is 16.2. The van der Waals surface area contributed by atoms with Crippen molar-refractivity contribution in [1.29, 1.82) is 0 Å². The van der Waals surface area contributed by atoms with E-state index in [2.05, 4.69) is 27.7 Å². The molecule has 2 aliphatic rings. The largest absolute Gasteiger partial charge is 0.454 e. The van der Waals surface area contributed by atoms with E-state index in [9.17, 15) is 9.59 Å². The number of rotatable bonds is 5. The van der Waals surface area contributed by atoms with Crippen LogP contribution in [0.2, 0.25) is 0 Å². The number of benzene rings is 2. The first-order chi connectivity index (χ1) is 14.6. The zero-order chi connectivity index (χ0) is 20.9. The lowest BCUT2D eigenvalue weighted by atomic mass is 10.2. The average molecular weight is 410 g/mol. The van der Waals surface area contributed by atoms with Crippen molar-refractivity contribution in [3.05, 3.63) is 54.1 Å². The molecule has 30 heavy (non-hydrogen) atoms. The van der Waals surface area contributed by atoms with Gasteiger partial charge in [-0.05, 0) is 36.8 Å². The minimum absolute atomic E-state index is 0.214. The molecule has 2 aromatic rings. The molecule has 0 spiro atoms. The molecule has 0 aliphatic carbocycles. The number of hydrogen-bond acceptors (Lipinski definition) is 5. The number of ether oxygens (including phenoxy) is 2. The molecule has 3 amide bonds. The Hall–Kier alpha value is -3.42. The Kier molecular flexibility index (Phi) is 5.92. The summed E-state index contributed by atoms with van der Waals surface area (Å²) in [7, 11) is 0. The topological polar surface area (TPSA) is 83.1 Å². The fourth-order valence-electron chi connectivity index (χ4n) is 3.54. The van der Waals surface area contributed by atoms with Crippen LogP contribution in [0.25, 0.3) is 0 Å². The summed E-state index contributed by atoms with van der Waals surface area (Å²) < 4.78 is 10.6. The number of fused-ring (bicyclic) bond motifs is 1. The van der Waals surface area contributed by atoms with Gasteiger partial charge in [0.05, 0.1) is 0 Å². The summed E-state index contributed by atoms with van der Waals surface area (Å²) in [5, 5.41) is 5.64. The summed E-state index contributed by atoms with van der Waals surface area (Å²) in [4.78, 5) is 28.9. The molecule has 158 valence electrons. The van der Waals surface area contributed by atoms with Crippen LogP contribution in [-0.4, -0.2) is 55.9 Å². The van der Waals surface area contributed by atoms with Crippen molar-refractivity contribution < 1.29 is 19.1 Å². The Morgan fingerprint density at radius 2 is 1.73 bits per heavy atom. The molecule has 4 rings (SSSR count). The second kappa shape index (κ2) is 8.94. The Labute approximate surface area is 175 Å². The number of carbonyl (C=O) groups is 2. The summed E-state index contributed by atoms with van der Waals surface area (Å²) in [6, 6.07) is 14.9. The highest BCUT2D eigenvalue weighted by atomic mass is 16.7. The van der Waals surface area contributed by atoms with Gasteiger partial charge < -0.3 is 29.9 Å². The van der Waals surface area contributed by atoms with Gasteiger partial charge in [0.15, 0.2) is 11.5 Å². The van der Waals surface area contributed by atoms with Crippen molar-refractivity contribution >= 4 is 17.6 Å². The first-order valence-corrected chi connectivity index (χ1v) is 10.1. The lowest BCUT2D eigenvalue weighted by Gasteiger charge is -2.36. The van der Waals surface area contributed by atoms with Crippen molar-refractivity contribution in [3.8, 4) is 11.5 Å². The number of nitrogens with zero attached hydrogens (tertiary/aromatic N) is 2. The van der Waals surface area contributed by atoms with Gasteiger partial charge in [0, 0.05) is 38.4 Å². The standard InChI is InChI=1S/C22H26N4O4/c1-16(21(27)23-14-17-7-8-19-20(13-17)30-15-29-19)24-22(28)26-11-9-25(10-12-26)18-5-3-2-4-6-18/h2-8,13,16H,9-12,14-15H2,1H3,(H,23,27)(H,24,28)/t16-/m0/s1. The molecule has 2 heterocycles. The molecule has 1 fully saturated rings. The van der Waals surface area contributed by atoms with Gasteiger partial charge in [-0.15, -0.1) is 0 Å². The Balaban J connectivity index is 1.22. The van der Waals surface area contributed by atoms with Crippen LogP contribution in [0.15, 0.2) is 48.5 Å². The highest BCUT2D eigenvalue weighted by Gasteiger charge is 2.24. The molecule has 1 saturated heterocycles. The second-order valence-electron chi connectivity index (χ2n) is 7.39. The molecule has 2 N–H and O–H groups in total. The van der Waals surface area contributed by atoms with Crippen molar-refractivity contribution in [3.63, 3.8) is 0 Å². The third kappa shape index (κ3) is 4.59. The lowest BCUT2D eigenvalue weighted by molar-refractivity contribution is -0.122. The SMILES string of the molecule is C[C@H](NC(=O)N1CCN(c2ccccc2)CC1)C(=O)NCc1ccc2c(c1)OCO2. The van der Waals surface area contributed by atoms with Crippen LogP contribution in [0.1, 0.15) is 12.5 Å². The highest BCUT2D eigenvalue weighted by molar-refractivity contribution is 5.86. The molecule has 0 bridgehead atoms. The maximum atomic E-state index is 12.5. The lowest BCUT2D eigenvalue weighted by Crippen LogP contribution is -2.55. The summed E-state index contributed by atoms with van der Waals surface area (Å²) in [5.41, 5.74) is 2.07. The first-order valence-electron chi connectivity index (χ1n) is 10.1. The number of nitrogens with one attached hydrogen (secondary N) is 2. The molecule has 1 atom stereocenters. The van der Waals surface area contributed by atoms with Gasteiger partial charge in [-0.1, -0.05) is 24.3 Å². The van der Waals surface area contributed by atoms with E-state index in [0.717, 1.165) is 24.3 Å². The minimum atomic E-state index is -0.626. The molecule has 0 radical (unpaired) electrons. The van der Waals surface area contributed by atoms with Crippen LogP contribution in [0.3, 0.4) is 0 Å². The van der Waals surface area contributed by atoms with Crippen LogP contribution in [0, 0.1) is 0 Å². The molecule has 0 aromatic heterocycles. The van der Waals surface area contributed by atoms with Crippen molar-refractivity contribution in [1.82, 2.24) is 15.5 Å². The average Bonchev–Trinajstić information content (AvgIpc) is 3.26. The van der Waals surface area contributed by atoms with Gasteiger partial charge >= 0.3 is 6.03 Å². The Morgan fingerprint density at radius 1 is 1.00 bits per heavy atom. The molecular formula is C22H26N4O4. The van der Waals surface area contributed by atoms with E-state index in [0.29, 0.717) is 31.1 Å². The zero-order valence-electron chi connectivity index (χ0n) is 17.0. The molecule has 2 aromatic carbocycles. The zero-order valence-corrected chi connectivity index (χ0v) is 17.0. The van der Waals surface area contributed by atoms with Gasteiger partial charge in [-0.25, -0.2) is 4.79 Å². The van der Waals surface area contributed by atoms with E-state index >= 15 is 0 Å². The first kappa shape index (κ1) is 19.9. The monoisotopic (exact) mass is 410 g/mol. The number of urea groups is 1. The van der Waals surface area contributed by atoms with Crippen LogP contribution in [-0.2, 0) is 11.3 Å². The molecular weight excluding hydrogens is 384 g/mol. The summed E-state index contributed by atoms with van der Waals surface area (Å²) >= 11 is 0. The van der Waals surface area contributed by atoms with Crippen LogP contribution in [0.4, 0.5) is 10.5 Å². The van der Waals surface area contributed by atoms with Crippen molar-refractivity contribution in [2.45, 2.75) is 19.5 Å². The second-order valence-corrected chi connectivity index (χ2v) is 7.39. The van der Waals surface area contributed by atoms with Crippen molar-refractivity contribution in [2.75, 3.05) is 37.9 Å². The predicted molar refractivity (Wildman–Crippen MR) is 113 cm³/mol. The van der Waals surface area contributed by atoms with Crippen LogP contribution < -0.4 is 25.0 Å². The number of carbonyl (C=O) groups excluding carboxylic acids is 2. The number of hydrogen-bond donors (Lipinski definition) is 2. The minimum Gasteiger partial charge on any atom is -0.454 e. The summed E-state index contributed by atoms with van der Waals surface area (Å²) in [6.45, 7) is 5.02. The maximum absolute atomic E-state index is 12.5. The van der Waals surface area contributed by atoms with Gasteiger partial charge in [0.25, 0.3) is 0 Å². The third-order valence-electron chi connectivity index (χ3n) is 5.33. The number of anilines is 1. The van der Waals surface area contributed by atoms with Gasteiger partial charge in [0.1, 0.15) is 6.04 Å². The van der Waals surface area contributed by atoms with E-state index in [1.165, 1.54) is 0 Å². The van der Waals surface area contributed by atoms with Crippen molar-refractivity contribution in [2.24, 2.45) is 0 Å². The molecule has 8 heteroatoms. The van der Waals surface area contributed by atoms with E-state index in [4.69, 9.17) is 9.47 Å². The van der Waals surface area contributed by atoms with E-state index < -0.39 is 6.04 Å². The number of piperazine rings is 1. The number of amides is 3. The van der Waals surface area contributed by atoms with E-state index in [1.807, 2.05) is 36.4 Å². The summed E-state index contributed by atoms with van der Waals surface area (Å²) in [6.07, 6.45) is 0. The van der Waals surface area contributed by atoms with Crippen LogP contribution >= 0.6 is 0 Å². The van der Waals surface area contributed by atoms with Crippen LogP contribution in [0.5, 0.6) is 11.5 Å². The Morgan fingerprint density at radius 3 is 2.50 bits per heavy atom. The number of para-hydroxylation sites is 1. The molecule has 0 unspecified atom stereocenters. The highest BCUT2D eigenvalue weighted by Crippen LogP contribution is 2.32. The molecule has 2 aliphatic heterocycles. The van der Waals surface area contributed by atoms with E-state index in [1.54, 1.807) is 11.8 Å². The summed E-state index contributed by atoms with van der Waals surface area (Å²) in [5.74, 6) is 1.15.